The summed E-state index contributed by atoms with van der Waals surface area (Å²) < 4.78 is 11.0. The highest BCUT2D eigenvalue weighted by Gasteiger charge is 2.36. The molecule has 1 aliphatic heterocycles. The van der Waals surface area contributed by atoms with Gasteiger partial charge in [-0.05, 0) is 31.6 Å². The van der Waals surface area contributed by atoms with E-state index in [-0.39, 0.29) is 11.9 Å². The average molecular weight is 348 g/mol. The SMILES string of the molecule is O=C(NC1CCCCC1)N1CC(c2nc(CCOCC3CC3)no2)C1. The van der Waals surface area contributed by atoms with Gasteiger partial charge in [0.15, 0.2) is 5.82 Å². The van der Waals surface area contributed by atoms with E-state index < -0.39 is 0 Å². The molecule has 2 saturated carbocycles. The third-order valence-corrected chi connectivity index (χ3v) is 5.46. The molecule has 0 spiro atoms. The lowest BCUT2D eigenvalue weighted by molar-refractivity contribution is 0.125. The number of hydrogen-bond acceptors (Lipinski definition) is 5. The molecular weight excluding hydrogens is 320 g/mol. The van der Waals surface area contributed by atoms with Crippen molar-refractivity contribution in [2.45, 2.75) is 63.3 Å². The Hall–Kier alpha value is -1.63. The van der Waals surface area contributed by atoms with E-state index in [0.29, 0.717) is 43.9 Å². The summed E-state index contributed by atoms with van der Waals surface area (Å²) in [5, 5.41) is 7.18. The topological polar surface area (TPSA) is 80.5 Å². The summed E-state index contributed by atoms with van der Waals surface area (Å²) in [4.78, 5) is 18.5. The molecule has 3 aliphatic rings. The molecule has 1 saturated heterocycles. The number of ether oxygens (including phenoxy) is 1. The zero-order valence-corrected chi connectivity index (χ0v) is 14.8. The predicted molar refractivity (Wildman–Crippen MR) is 91.3 cm³/mol. The fourth-order valence-electron chi connectivity index (χ4n) is 3.55. The van der Waals surface area contributed by atoms with Crippen LogP contribution in [0.1, 0.15) is 62.6 Å². The van der Waals surface area contributed by atoms with Crippen LogP contribution in [0.3, 0.4) is 0 Å². The molecule has 1 N–H and O–H groups in total. The Bertz CT molecular complexity index is 575. The highest BCUT2D eigenvalue weighted by Crippen LogP contribution is 2.29. The van der Waals surface area contributed by atoms with Gasteiger partial charge >= 0.3 is 6.03 Å². The van der Waals surface area contributed by atoms with Crippen LogP contribution in [0.5, 0.6) is 0 Å². The molecule has 7 nitrogen and oxygen atoms in total. The lowest BCUT2D eigenvalue weighted by Gasteiger charge is -2.38. The van der Waals surface area contributed by atoms with Crippen LogP contribution < -0.4 is 5.32 Å². The van der Waals surface area contributed by atoms with Crippen molar-refractivity contribution in [1.29, 1.82) is 0 Å². The zero-order valence-electron chi connectivity index (χ0n) is 14.8. The van der Waals surface area contributed by atoms with Crippen molar-refractivity contribution in [3.8, 4) is 0 Å². The molecule has 0 atom stereocenters. The first-order valence-electron chi connectivity index (χ1n) is 9.73. The summed E-state index contributed by atoms with van der Waals surface area (Å²) in [6.07, 6.45) is 9.26. The van der Waals surface area contributed by atoms with Gasteiger partial charge < -0.3 is 19.5 Å². The molecule has 1 aromatic heterocycles. The fraction of sp³-hybridized carbons (Fsp3) is 0.833. The molecule has 2 aliphatic carbocycles. The zero-order chi connectivity index (χ0) is 17.1. The standard InChI is InChI=1S/C18H28N4O3/c23-18(19-15-4-2-1-3-5-15)22-10-14(11-22)17-20-16(21-25-17)8-9-24-12-13-6-7-13/h13-15H,1-12H2,(H,19,23). The molecule has 3 fully saturated rings. The Labute approximate surface area is 148 Å². The van der Waals surface area contributed by atoms with Crippen molar-refractivity contribution in [1.82, 2.24) is 20.4 Å². The van der Waals surface area contributed by atoms with Gasteiger partial charge in [0.2, 0.25) is 5.89 Å². The average Bonchev–Trinajstić information content (AvgIpc) is 3.29. The van der Waals surface area contributed by atoms with Gasteiger partial charge in [0.05, 0.1) is 12.5 Å². The number of amides is 2. The maximum atomic E-state index is 12.2. The maximum absolute atomic E-state index is 12.2. The second kappa shape index (κ2) is 7.72. The predicted octanol–water partition coefficient (Wildman–Crippen LogP) is 2.48. The summed E-state index contributed by atoms with van der Waals surface area (Å²) in [7, 11) is 0. The molecule has 0 unspecified atom stereocenters. The van der Waals surface area contributed by atoms with Gasteiger partial charge in [-0.1, -0.05) is 24.4 Å². The second-order valence-electron chi connectivity index (χ2n) is 7.70. The molecule has 0 bridgehead atoms. The number of hydrogen-bond donors (Lipinski definition) is 1. The van der Waals surface area contributed by atoms with E-state index in [1.807, 2.05) is 4.90 Å². The van der Waals surface area contributed by atoms with Crippen molar-refractivity contribution in [2.24, 2.45) is 5.92 Å². The summed E-state index contributed by atoms with van der Waals surface area (Å²) in [5.74, 6) is 2.31. The Morgan fingerprint density at radius 3 is 2.76 bits per heavy atom. The van der Waals surface area contributed by atoms with Gasteiger partial charge in [-0.15, -0.1) is 0 Å². The lowest BCUT2D eigenvalue weighted by Crippen LogP contribution is -2.54. The highest BCUT2D eigenvalue weighted by atomic mass is 16.5. The molecule has 2 heterocycles. The molecule has 2 amide bonds. The Morgan fingerprint density at radius 1 is 1.20 bits per heavy atom. The van der Waals surface area contributed by atoms with Crippen LogP contribution in [0, 0.1) is 5.92 Å². The van der Waals surface area contributed by atoms with Crippen LogP contribution in [0.4, 0.5) is 4.79 Å². The number of rotatable bonds is 7. The number of aromatic nitrogens is 2. The van der Waals surface area contributed by atoms with Gasteiger partial charge in [0.25, 0.3) is 0 Å². The van der Waals surface area contributed by atoms with Crippen LogP contribution in [0.15, 0.2) is 4.52 Å². The van der Waals surface area contributed by atoms with E-state index in [0.717, 1.165) is 25.4 Å². The molecule has 0 radical (unpaired) electrons. The van der Waals surface area contributed by atoms with Crippen LogP contribution in [0.2, 0.25) is 0 Å². The normalized spacial score (nSPS) is 22.0. The van der Waals surface area contributed by atoms with Gasteiger partial charge in [-0.2, -0.15) is 4.98 Å². The number of carbonyl (C=O) groups is 1. The lowest BCUT2D eigenvalue weighted by atomic mass is 9.95. The Morgan fingerprint density at radius 2 is 2.00 bits per heavy atom. The largest absolute Gasteiger partial charge is 0.381 e. The number of urea groups is 1. The molecule has 25 heavy (non-hydrogen) atoms. The van der Waals surface area contributed by atoms with E-state index in [2.05, 4.69) is 15.5 Å². The molecule has 0 aromatic carbocycles. The van der Waals surface area contributed by atoms with Crippen molar-refractivity contribution in [3.05, 3.63) is 11.7 Å². The minimum atomic E-state index is 0.0522. The van der Waals surface area contributed by atoms with Crippen molar-refractivity contribution >= 4 is 6.03 Å². The maximum Gasteiger partial charge on any atom is 0.317 e. The first-order valence-corrected chi connectivity index (χ1v) is 9.73. The fourth-order valence-corrected chi connectivity index (χ4v) is 3.55. The van der Waals surface area contributed by atoms with Crippen molar-refractivity contribution in [3.63, 3.8) is 0 Å². The van der Waals surface area contributed by atoms with Gasteiger partial charge in [0.1, 0.15) is 0 Å². The summed E-state index contributed by atoms with van der Waals surface area (Å²) in [6.45, 7) is 2.84. The Kier molecular flexibility index (Phi) is 5.20. The van der Waals surface area contributed by atoms with Gasteiger partial charge in [-0.3, -0.25) is 0 Å². The molecule has 1 aromatic rings. The van der Waals surface area contributed by atoms with E-state index in [4.69, 9.17) is 9.26 Å². The molecule has 7 heteroatoms. The van der Waals surface area contributed by atoms with Crippen molar-refractivity contribution < 1.29 is 14.1 Å². The van der Waals surface area contributed by atoms with Crippen LogP contribution in [-0.2, 0) is 11.2 Å². The summed E-state index contributed by atoms with van der Waals surface area (Å²) in [5.41, 5.74) is 0. The Balaban J connectivity index is 1.16. The smallest absolute Gasteiger partial charge is 0.317 e. The first-order chi connectivity index (χ1) is 12.3. The van der Waals surface area contributed by atoms with E-state index in [1.165, 1.54) is 32.1 Å². The molecule has 4 rings (SSSR count). The first kappa shape index (κ1) is 16.8. The third-order valence-electron chi connectivity index (χ3n) is 5.46. The quantitative estimate of drug-likeness (QED) is 0.766. The van der Waals surface area contributed by atoms with Crippen LogP contribution in [-0.4, -0.2) is 53.4 Å². The van der Waals surface area contributed by atoms with Crippen molar-refractivity contribution in [2.75, 3.05) is 26.3 Å². The van der Waals surface area contributed by atoms with Gasteiger partial charge in [-0.25, -0.2) is 4.79 Å². The summed E-state index contributed by atoms with van der Waals surface area (Å²) in [6, 6.07) is 0.405. The minimum Gasteiger partial charge on any atom is -0.381 e. The second-order valence-corrected chi connectivity index (χ2v) is 7.70. The van der Waals surface area contributed by atoms with Crippen LogP contribution >= 0.6 is 0 Å². The third kappa shape index (κ3) is 4.51. The minimum absolute atomic E-state index is 0.0522. The van der Waals surface area contributed by atoms with Gasteiger partial charge in [0, 0.05) is 32.2 Å². The van der Waals surface area contributed by atoms with E-state index in [1.54, 1.807) is 0 Å². The molecule has 138 valence electrons. The number of carbonyl (C=O) groups excluding carboxylic acids is 1. The number of nitrogens with zero attached hydrogens (tertiary/aromatic N) is 3. The van der Waals surface area contributed by atoms with E-state index >= 15 is 0 Å². The monoisotopic (exact) mass is 348 g/mol. The summed E-state index contributed by atoms with van der Waals surface area (Å²) >= 11 is 0. The molecular formula is C18H28N4O3. The van der Waals surface area contributed by atoms with Crippen LogP contribution in [0.25, 0.3) is 0 Å². The number of nitrogens with one attached hydrogen (secondary N) is 1. The highest BCUT2D eigenvalue weighted by molar-refractivity contribution is 5.75. The van der Waals surface area contributed by atoms with E-state index in [9.17, 15) is 4.79 Å². The number of likely N-dealkylation sites (tertiary alicyclic amines) is 1.